The minimum Gasteiger partial charge on any atom is -0.390 e. The van der Waals surface area contributed by atoms with Crippen molar-refractivity contribution in [3.05, 3.63) is 305 Å². The fourth-order valence-electron chi connectivity index (χ4n) is 13.3. The zero-order valence-electron chi connectivity index (χ0n) is 70.4. The third-order valence-corrected chi connectivity index (χ3v) is 20.2. The first-order valence-corrected chi connectivity index (χ1v) is 41.0. The molecule has 5 N–H and O–H groups in total. The Labute approximate surface area is 711 Å². The van der Waals surface area contributed by atoms with Gasteiger partial charge in [0, 0.05) is 151 Å². The molecule has 7 aromatic rings. The summed E-state index contributed by atoms with van der Waals surface area (Å²) >= 11 is 0. The number of likely N-dealkylation sites (N-methyl/N-ethyl adjacent to an activating group) is 3. The number of benzene rings is 6. The number of hydrogen-bond donors (Lipinski definition) is 4. The molecule has 6 aliphatic heterocycles. The molecule has 0 aliphatic carbocycles. The number of nitrogens with zero attached hydrogens (tertiary/aromatic N) is 14. The maximum atomic E-state index is 12.3. The van der Waals surface area contributed by atoms with Crippen molar-refractivity contribution in [3.63, 3.8) is 0 Å². The van der Waals surface area contributed by atoms with Crippen LogP contribution in [0.2, 0.25) is 0 Å². The van der Waals surface area contributed by atoms with Crippen LogP contribution in [0.5, 0.6) is 0 Å². The van der Waals surface area contributed by atoms with Gasteiger partial charge >= 0.3 is 15.6 Å². The third-order valence-electron chi connectivity index (χ3n) is 19.2. The molecule has 25 nitrogen and oxygen atoms in total. The highest BCUT2D eigenvalue weighted by Crippen LogP contribution is 2.29. The van der Waals surface area contributed by atoms with Crippen LogP contribution in [-0.2, 0) is 67.9 Å². The summed E-state index contributed by atoms with van der Waals surface area (Å²) in [6.07, 6.45) is 12.9. The highest BCUT2D eigenvalue weighted by molar-refractivity contribution is 7.87. The van der Waals surface area contributed by atoms with E-state index in [2.05, 4.69) is 204 Å². The molecule has 6 aliphatic rings. The standard InChI is InChI=1S/C16H20N4O.C16H23N3O.C15H19N3.C13H12F3NO4S.C13H14N2O.C13H12N2O.C5H10O.CH5N/c1-19(2)15-8-14(16-17-12-21-18-16)10-20(11-15)9-13-6-4-3-5-7-13;1-18(2)15-8-14(16(17)12-20)10-19(11-15)9-13-6-4-3-5-7-13;1-17(2)15-8-14(9-16)11-18(12-15)10-13-6-4-3-5-7-13;14-13(15,16)22(19,20)21-12-6-11(18)8-17(9-12)7-10-4-2-1-3-5-10;2*14-7-12-6-13(16)10-15(9-12)8-11-4-2-1-3-5-11;1-3-5-6-4-2;1-2/h3-8,12,15H,9-11H2,1-2H3;3-8,15,17,20H,9-12H2,1-2H3;3-8,15H,10-12H2,1-2H3;1-6H,7-9H2;1-6,13,16H,8-10H2;1-6H,8-10H2;3H,1,4-5H2,2H3;2H2,1H3. The number of carbonyl (C=O) groups is 2. The number of ketones is 2. The summed E-state index contributed by atoms with van der Waals surface area (Å²) in [6, 6.07) is 67.7. The van der Waals surface area contributed by atoms with E-state index < -0.39 is 33.3 Å². The molecule has 7 heterocycles. The van der Waals surface area contributed by atoms with Crippen molar-refractivity contribution in [1.29, 1.82) is 21.2 Å². The van der Waals surface area contributed by atoms with Gasteiger partial charge in [-0.15, -0.1) is 6.58 Å². The Bertz CT molecular complexity index is 4730. The number of β-amino-alcohol motifs (C(OH)–C–C–N with tert-alkyl or cyclic N) is 1. The van der Waals surface area contributed by atoms with Gasteiger partial charge in [-0.2, -0.15) is 42.4 Å². The number of halogens is 3. The Morgan fingerprint density at radius 3 is 1.28 bits per heavy atom. The van der Waals surface area contributed by atoms with Gasteiger partial charge in [0.2, 0.25) is 6.39 Å². The first-order chi connectivity index (χ1) is 58.1. The maximum Gasteiger partial charge on any atom is 0.534 e. The number of carbonyl (C=O) groups excluding carboxylic acids is 2. The molecule has 0 bridgehead atoms. The molecule has 6 aromatic carbocycles. The van der Waals surface area contributed by atoms with Gasteiger partial charge in [-0.1, -0.05) is 211 Å². The molecule has 0 saturated carbocycles. The molecule has 0 amide bonds. The minimum absolute atomic E-state index is 0.0127. The number of alkyl halides is 3. The molecule has 13 rings (SSSR count). The Balaban J connectivity index is 0.000000221. The van der Waals surface area contributed by atoms with E-state index in [4.69, 9.17) is 30.5 Å². The lowest BCUT2D eigenvalue weighted by Gasteiger charge is -2.35. The summed E-state index contributed by atoms with van der Waals surface area (Å²) in [4.78, 5) is 46.3. The molecule has 0 fully saturated rings. The van der Waals surface area contributed by atoms with Crippen LogP contribution in [-0.4, -0.2) is 268 Å². The highest BCUT2D eigenvalue weighted by atomic mass is 32.2. The number of nitriles is 3. The van der Waals surface area contributed by atoms with Gasteiger partial charge in [0.05, 0.1) is 62.9 Å². The van der Waals surface area contributed by atoms with Crippen molar-refractivity contribution in [1.82, 2.24) is 54.2 Å². The van der Waals surface area contributed by atoms with Gasteiger partial charge < -0.3 is 49.5 Å². The SMILES string of the molecule is C=CCOCC.CN.CN(C)C1C=C(C#N)CN(Cc2ccccc2)C1.CN(C)C1C=C(C(=N)CO)CN(Cc2ccccc2)C1.CN(C)C1C=C(c2ncon2)CN(Cc2ccccc2)C1.N#CC1=CC(=O)CN(Cc2ccccc2)C1.N#CC1=CC(O)CN(Cc2ccccc2)C1.O=C1C=C(OS(=O)(=O)C(F)(F)F)CN(Cc2ccccc2)C1. The van der Waals surface area contributed by atoms with Gasteiger partial charge in [0.15, 0.2) is 17.4 Å². The maximum absolute atomic E-state index is 12.3. The lowest BCUT2D eigenvalue weighted by molar-refractivity contribution is -0.117. The molecule has 1 aromatic heterocycles. The molecule has 29 heteroatoms. The summed E-state index contributed by atoms with van der Waals surface area (Å²) < 4.78 is 72.6. The fraction of sp³-hybridized carbons (Fsp3) is 0.370. The average molecular weight is 1680 g/mol. The van der Waals surface area contributed by atoms with Crippen molar-refractivity contribution in [3.8, 4) is 18.2 Å². The van der Waals surface area contributed by atoms with E-state index >= 15 is 0 Å². The van der Waals surface area contributed by atoms with Crippen LogP contribution in [0, 0.1) is 39.4 Å². The fourth-order valence-corrected chi connectivity index (χ4v) is 13.8. The predicted molar refractivity (Wildman–Crippen MR) is 466 cm³/mol. The summed E-state index contributed by atoms with van der Waals surface area (Å²) in [6.45, 7) is 18.4. The van der Waals surface area contributed by atoms with Gasteiger partial charge in [-0.25, -0.2) is 0 Å². The quantitative estimate of drug-likeness (QED) is 0.0152. The van der Waals surface area contributed by atoms with Crippen LogP contribution < -0.4 is 5.73 Å². The lowest BCUT2D eigenvalue weighted by atomic mass is 10.0. The number of aliphatic hydroxyl groups excluding tert-OH is 2. The lowest BCUT2D eigenvalue weighted by Crippen LogP contribution is -2.44. The van der Waals surface area contributed by atoms with Crippen molar-refractivity contribution >= 4 is 33.0 Å². The number of aromatic nitrogens is 2. The first kappa shape index (κ1) is 99.0. The smallest absolute Gasteiger partial charge is 0.390 e. The van der Waals surface area contributed by atoms with Crippen LogP contribution >= 0.6 is 0 Å². The molecule has 121 heavy (non-hydrogen) atoms. The van der Waals surface area contributed by atoms with Crippen LogP contribution in [0.25, 0.3) is 5.57 Å². The summed E-state index contributed by atoms with van der Waals surface area (Å²) in [5, 5.41) is 57.4. The van der Waals surface area contributed by atoms with E-state index in [-0.39, 0.29) is 31.5 Å². The van der Waals surface area contributed by atoms with Crippen LogP contribution in [0.1, 0.15) is 46.1 Å². The Kier molecular flexibility index (Phi) is 43.4. The first-order valence-electron chi connectivity index (χ1n) is 39.6. The van der Waals surface area contributed by atoms with Crippen LogP contribution in [0.4, 0.5) is 13.2 Å². The van der Waals surface area contributed by atoms with Gasteiger partial charge in [0.25, 0.3) is 0 Å². The second-order valence-electron chi connectivity index (χ2n) is 29.7. The van der Waals surface area contributed by atoms with E-state index in [1.54, 1.807) is 42.5 Å². The minimum atomic E-state index is -5.76. The molecule has 4 unspecified atom stereocenters. The zero-order chi connectivity index (χ0) is 88.1. The molecular weight excluding hydrogens is 1560 g/mol. The van der Waals surface area contributed by atoms with E-state index in [1.807, 2.05) is 98.7 Å². The van der Waals surface area contributed by atoms with Gasteiger partial charge in [0.1, 0.15) is 5.76 Å². The van der Waals surface area contributed by atoms with Crippen molar-refractivity contribution in [2.45, 2.75) is 75.9 Å². The topological polar surface area (TPSA) is 317 Å². The van der Waals surface area contributed by atoms with Crippen molar-refractivity contribution < 1.29 is 54.8 Å². The summed E-state index contributed by atoms with van der Waals surface area (Å²) in [7, 11) is 8.15. The van der Waals surface area contributed by atoms with E-state index in [9.17, 15) is 41.4 Å². The van der Waals surface area contributed by atoms with Crippen LogP contribution in [0.15, 0.2) is 270 Å². The Morgan fingerprint density at radius 1 is 0.545 bits per heavy atom. The zero-order valence-corrected chi connectivity index (χ0v) is 71.3. The number of hydrogen-bond acceptors (Lipinski definition) is 25. The summed E-state index contributed by atoms with van der Waals surface area (Å²) in [5.41, 5.74) is 10.5. The molecule has 0 radical (unpaired) electrons. The van der Waals surface area contributed by atoms with Crippen molar-refractivity contribution in [2.75, 3.05) is 148 Å². The Hall–Kier alpha value is -10.9. The number of nitrogens with one attached hydrogen (secondary N) is 1. The number of rotatable bonds is 23. The summed E-state index contributed by atoms with van der Waals surface area (Å²) in [5.74, 6) is -0.350. The second kappa shape index (κ2) is 53.0. The van der Waals surface area contributed by atoms with Gasteiger partial charge in [-0.3, -0.25) is 39.0 Å². The van der Waals surface area contributed by atoms with Crippen molar-refractivity contribution in [2.24, 2.45) is 5.73 Å². The van der Waals surface area contributed by atoms with E-state index in [1.165, 1.54) is 46.7 Å². The number of nitrogens with two attached hydrogens (primary N) is 1. The Morgan fingerprint density at radius 2 is 0.909 bits per heavy atom. The second-order valence-corrected chi connectivity index (χ2v) is 31.2. The van der Waals surface area contributed by atoms with E-state index in [0.29, 0.717) is 80.6 Å². The number of aliphatic hydroxyl groups is 2. The highest BCUT2D eigenvalue weighted by Gasteiger charge is 2.49. The molecular formula is C92H115F3N16O9S. The largest absolute Gasteiger partial charge is 0.534 e. The third kappa shape index (κ3) is 36.5. The molecule has 4 atom stereocenters. The van der Waals surface area contributed by atoms with Gasteiger partial charge in [-0.05, 0) is 107 Å². The normalized spacial score (nSPS) is 18.4. The average Bonchev–Trinajstić information content (AvgIpc) is 1.02. The molecule has 0 spiro atoms. The molecule has 644 valence electrons. The van der Waals surface area contributed by atoms with E-state index in [0.717, 1.165) is 106 Å². The monoisotopic (exact) mass is 1680 g/mol. The number of ether oxygens (including phenoxy) is 1. The predicted octanol–water partition coefficient (Wildman–Crippen LogP) is 10.6. The van der Waals surface area contributed by atoms with Crippen LogP contribution in [0.3, 0.4) is 0 Å². The molecule has 0 saturated heterocycles.